The quantitative estimate of drug-likeness (QED) is 0.610. The zero-order chi connectivity index (χ0) is 20.4. The first-order valence-electron chi connectivity index (χ1n) is 8.76. The van der Waals surface area contributed by atoms with Gasteiger partial charge in [0.2, 0.25) is 5.91 Å². The van der Waals surface area contributed by atoms with E-state index in [1.807, 2.05) is 0 Å². The van der Waals surface area contributed by atoms with Gasteiger partial charge in [-0.05, 0) is 30.7 Å². The van der Waals surface area contributed by atoms with Crippen molar-refractivity contribution >= 4 is 11.8 Å². The highest BCUT2D eigenvalue weighted by Crippen LogP contribution is 2.18. The maximum Gasteiger partial charge on any atom is 0.254 e. The van der Waals surface area contributed by atoms with E-state index in [1.54, 1.807) is 31.4 Å². The Morgan fingerprint density at radius 1 is 1.00 bits per heavy atom. The largest absolute Gasteiger partial charge is 0.497 e. The Labute approximate surface area is 161 Å². The lowest BCUT2D eigenvalue weighted by Gasteiger charge is -2.09. The molecule has 0 aliphatic carbocycles. The second kappa shape index (κ2) is 10.9. The minimum Gasteiger partial charge on any atom is -0.497 e. The van der Waals surface area contributed by atoms with Gasteiger partial charge in [0.05, 0.1) is 19.2 Å². The molecular formula is C20H22F2N2O4. The summed E-state index contributed by atoms with van der Waals surface area (Å²) in [5.41, 5.74) is -0.236. The number of benzene rings is 2. The van der Waals surface area contributed by atoms with Crippen LogP contribution in [0.4, 0.5) is 8.78 Å². The van der Waals surface area contributed by atoms with Crippen molar-refractivity contribution in [2.75, 3.05) is 26.8 Å². The molecule has 2 N–H and O–H groups in total. The number of carbonyl (C=O) groups is 2. The molecular weight excluding hydrogens is 370 g/mol. The van der Waals surface area contributed by atoms with Crippen molar-refractivity contribution in [3.63, 3.8) is 0 Å². The van der Waals surface area contributed by atoms with Crippen LogP contribution in [-0.4, -0.2) is 38.6 Å². The fourth-order valence-corrected chi connectivity index (χ4v) is 2.36. The summed E-state index contributed by atoms with van der Waals surface area (Å²) in [6.07, 6.45) is 0.586. The second-order valence-electron chi connectivity index (χ2n) is 5.86. The molecule has 0 aromatic heterocycles. The smallest absolute Gasteiger partial charge is 0.254 e. The number of hydrogen-bond donors (Lipinski definition) is 2. The monoisotopic (exact) mass is 392 g/mol. The Morgan fingerprint density at radius 2 is 1.79 bits per heavy atom. The van der Waals surface area contributed by atoms with Gasteiger partial charge in [-0.3, -0.25) is 9.59 Å². The summed E-state index contributed by atoms with van der Waals surface area (Å²) in [6.45, 7) is 0.839. The molecule has 0 aliphatic rings. The standard InChI is InChI=1S/C20H22F2N2O4/c1-27-15-4-2-5-16(13-15)28-11-10-23-19(25)6-3-9-24-20(26)17-8-7-14(21)12-18(17)22/h2,4-5,7-8,12-13H,3,6,9-11H2,1H3,(H,23,25)(H,24,26). The van der Waals surface area contributed by atoms with Crippen LogP contribution < -0.4 is 20.1 Å². The molecule has 0 unspecified atom stereocenters. The highest BCUT2D eigenvalue weighted by atomic mass is 19.1. The second-order valence-corrected chi connectivity index (χ2v) is 5.86. The highest BCUT2D eigenvalue weighted by molar-refractivity contribution is 5.94. The van der Waals surface area contributed by atoms with Gasteiger partial charge in [-0.25, -0.2) is 8.78 Å². The number of ether oxygens (including phenoxy) is 2. The highest BCUT2D eigenvalue weighted by Gasteiger charge is 2.12. The number of rotatable bonds is 10. The summed E-state index contributed by atoms with van der Waals surface area (Å²) >= 11 is 0. The maximum atomic E-state index is 13.5. The minimum atomic E-state index is -0.925. The van der Waals surface area contributed by atoms with E-state index in [9.17, 15) is 18.4 Å². The third-order valence-electron chi connectivity index (χ3n) is 3.78. The Kier molecular flexibility index (Phi) is 8.20. The fourth-order valence-electron chi connectivity index (χ4n) is 2.36. The first-order chi connectivity index (χ1) is 13.5. The van der Waals surface area contributed by atoms with Crippen LogP contribution in [0.2, 0.25) is 0 Å². The van der Waals surface area contributed by atoms with Gasteiger partial charge < -0.3 is 20.1 Å². The van der Waals surface area contributed by atoms with Gasteiger partial charge in [-0.2, -0.15) is 0 Å². The summed E-state index contributed by atoms with van der Waals surface area (Å²) < 4.78 is 36.9. The molecule has 2 aromatic carbocycles. The summed E-state index contributed by atoms with van der Waals surface area (Å²) in [7, 11) is 1.57. The summed E-state index contributed by atoms with van der Waals surface area (Å²) in [4.78, 5) is 23.6. The molecule has 0 spiro atoms. The van der Waals surface area contributed by atoms with Crippen molar-refractivity contribution < 1.29 is 27.8 Å². The van der Waals surface area contributed by atoms with E-state index < -0.39 is 17.5 Å². The molecule has 0 atom stereocenters. The number of hydrogen-bond acceptors (Lipinski definition) is 4. The van der Waals surface area contributed by atoms with Crippen LogP contribution in [0, 0.1) is 11.6 Å². The van der Waals surface area contributed by atoms with Crippen molar-refractivity contribution in [3.8, 4) is 11.5 Å². The SMILES string of the molecule is COc1cccc(OCCNC(=O)CCCNC(=O)c2ccc(F)cc2F)c1. The van der Waals surface area contributed by atoms with Gasteiger partial charge in [-0.15, -0.1) is 0 Å². The third-order valence-corrected chi connectivity index (χ3v) is 3.78. The topological polar surface area (TPSA) is 76.7 Å². The molecule has 6 nitrogen and oxygen atoms in total. The van der Waals surface area contributed by atoms with Crippen molar-refractivity contribution in [3.05, 3.63) is 59.7 Å². The van der Waals surface area contributed by atoms with Crippen LogP contribution in [0.1, 0.15) is 23.2 Å². The van der Waals surface area contributed by atoms with Crippen molar-refractivity contribution in [2.45, 2.75) is 12.8 Å². The molecule has 0 bridgehead atoms. The van der Waals surface area contributed by atoms with Gasteiger partial charge in [-0.1, -0.05) is 6.07 Å². The molecule has 0 fully saturated rings. The summed E-state index contributed by atoms with van der Waals surface area (Å²) in [5.74, 6) is -1.18. The molecule has 0 aliphatic heterocycles. The summed E-state index contributed by atoms with van der Waals surface area (Å²) in [6, 6.07) is 9.88. The predicted molar refractivity (Wildman–Crippen MR) is 99.4 cm³/mol. The average Bonchev–Trinajstić information content (AvgIpc) is 2.68. The van der Waals surface area contributed by atoms with Crippen molar-refractivity contribution in [1.82, 2.24) is 10.6 Å². The molecule has 0 radical (unpaired) electrons. The molecule has 8 heteroatoms. The summed E-state index contributed by atoms with van der Waals surface area (Å²) in [5, 5.41) is 5.20. The van der Waals surface area contributed by atoms with Gasteiger partial charge in [0, 0.05) is 25.1 Å². The van der Waals surface area contributed by atoms with Crippen molar-refractivity contribution in [1.29, 1.82) is 0 Å². The Bertz CT molecular complexity index is 815. The van der Waals surface area contributed by atoms with E-state index in [-0.39, 0.29) is 24.4 Å². The van der Waals surface area contributed by atoms with Crippen LogP contribution in [0.3, 0.4) is 0 Å². The van der Waals surface area contributed by atoms with Crippen LogP contribution in [-0.2, 0) is 4.79 Å². The van der Waals surface area contributed by atoms with E-state index >= 15 is 0 Å². The van der Waals surface area contributed by atoms with Gasteiger partial charge >= 0.3 is 0 Å². The maximum absolute atomic E-state index is 13.5. The van der Waals surface area contributed by atoms with Crippen LogP contribution in [0.15, 0.2) is 42.5 Å². The van der Waals surface area contributed by atoms with Crippen LogP contribution >= 0.6 is 0 Å². The zero-order valence-corrected chi connectivity index (χ0v) is 15.5. The number of amides is 2. The lowest BCUT2D eigenvalue weighted by atomic mass is 10.2. The van der Waals surface area contributed by atoms with E-state index in [4.69, 9.17) is 9.47 Å². The molecule has 150 valence electrons. The van der Waals surface area contributed by atoms with Gasteiger partial charge in [0.15, 0.2) is 0 Å². The molecule has 0 heterocycles. The average molecular weight is 392 g/mol. The molecule has 28 heavy (non-hydrogen) atoms. The third kappa shape index (κ3) is 6.86. The predicted octanol–water partition coefficient (Wildman–Crippen LogP) is 2.68. The van der Waals surface area contributed by atoms with Crippen LogP contribution in [0.5, 0.6) is 11.5 Å². The van der Waals surface area contributed by atoms with Crippen molar-refractivity contribution in [2.24, 2.45) is 0 Å². The molecule has 0 saturated heterocycles. The number of nitrogens with one attached hydrogen (secondary N) is 2. The number of methoxy groups -OCH3 is 1. The van der Waals surface area contributed by atoms with Crippen LogP contribution in [0.25, 0.3) is 0 Å². The van der Waals surface area contributed by atoms with E-state index in [0.717, 1.165) is 12.1 Å². The fraction of sp³-hybridized carbons (Fsp3) is 0.300. The minimum absolute atomic E-state index is 0.184. The van der Waals surface area contributed by atoms with Gasteiger partial charge in [0.25, 0.3) is 5.91 Å². The Hall–Kier alpha value is -3.16. The lowest BCUT2D eigenvalue weighted by Crippen LogP contribution is -2.30. The van der Waals surface area contributed by atoms with E-state index in [0.29, 0.717) is 37.1 Å². The Morgan fingerprint density at radius 3 is 2.54 bits per heavy atom. The zero-order valence-electron chi connectivity index (χ0n) is 15.5. The molecule has 2 aromatic rings. The number of carbonyl (C=O) groups excluding carboxylic acids is 2. The van der Waals surface area contributed by atoms with E-state index in [1.165, 1.54) is 0 Å². The van der Waals surface area contributed by atoms with E-state index in [2.05, 4.69) is 10.6 Å². The molecule has 2 rings (SSSR count). The molecule has 0 saturated carbocycles. The first-order valence-corrected chi connectivity index (χ1v) is 8.76. The van der Waals surface area contributed by atoms with Gasteiger partial charge in [0.1, 0.15) is 29.7 Å². The normalized spacial score (nSPS) is 10.2. The number of halogens is 2. The lowest BCUT2D eigenvalue weighted by molar-refractivity contribution is -0.121. The first kappa shape index (κ1) is 21.1. The Balaban J connectivity index is 1.59. The molecule has 2 amide bonds.